The van der Waals surface area contributed by atoms with E-state index in [-0.39, 0.29) is 0 Å². The maximum atomic E-state index is 5.58. The van der Waals surface area contributed by atoms with Gasteiger partial charge in [0.1, 0.15) is 0 Å². The first-order valence-corrected chi connectivity index (χ1v) is 25.4. The van der Waals surface area contributed by atoms with Gasteiger partial charge in [-0.25, -0.2) is 0 Å². The lowest BCUT2D eigenvalue weighted by Gasteiger charge is -2.50. The Balaban J connectivity index is 1.10. The van der Waals surface area contributed by atoms with Crippen LogP contribution in [0.4, 0.5) is 17.1 Å². The monoisotopic (exact) mass is 919 g/mol. The highest BCUT2D eigenvalue weighted by atomic mass is 32.2. The SMILES string of the molecule is c1ccc(C2(c3ccccc3)c3ccccc3C3(c4cc5c(cc42)C2(c4ccccc4-c4ccccc42)c2ccccc2-5)c2cccnc2-c2ncc(N4c5ccccc5Sc5ccccc54)cc23)cc1. The van der Waals surface area contributed by atoms with Gasteiger partial charge in [0.05, 0.1) is 50.9 Å². The standard InChI is InChI=1S/C67H41N3S/c1-3-20-42(21-4-1)65(43-22-5-2-6-23-43)52-30-13-14-31-53(52)67(54-32-19-37-68-63(54)64-58(67)38-44(41-69-64)70-59-33-15-17-35-61(59)71-62-36-18-16-34-60(62)70)56-39-48-47-26-9-12-29-51(47)66(55(48)40-57(56)65)49-27-10-7-24-45(49)46-25-8-11-28-50(46)66/h1-41H. The lowest BCUT2D eigenvalue weighted by Crippen LogP contribution is -2.45. The predicted octanol–water partition coefficient (Wildman–Crippen LogP) is 15.8. The summed E-state index contributed by atoms with van der Waals surface area (Å²) in [5, 5.41) is 0. The van der Waals surface area contributed by atoms with Gasteiger partial charge in [0.15, 0.2) is 0 Å². The third kappa shape index (κ3) is 4.76. The zero-order valence-electron chi connectivity index (χ0n) is 38.4. The van der Waals surface area contributed by atoms with E-state index in [4.69, 9.17) is 9.97 Å². The third-order valence-electron chi connectivity index (χ3n) is 16.5. The van der Waals surface area contributed by atoms with Crippen molar-refractivity contribution < 1.29 is 0 Å². The van der Waals surface area contributed by atoms with Crippen LogP contribution in [0.3, 0.4) is 0 Å². The summed E-state index contributed by atoms with van der Waals surface area (Å²) in [6.45, 7) is 0. The van der Waals surface area contributed by atoms with E-state index in [9.17, 15) is 0 Å². The molecule has 2 spiro atoms. The number of pyridine rings is 2. The Bertz CT molecular complexity index is 3940. The second-order valence-electron chi connectivity index (χ2n) is 19.5. The zero-order valence-corrected chi connectivity index (χ0v) is 39.2. The Labute approximate surface area is 416 Å². The third-order valence-corrected chi connectivity index (χ3v) is 17.6. The fourth-order valence-corrected chi connectivity index (χ4v) is 15.1. The van der Waals surface area contributed by atoms with Gasteiger partial charge < -0.3 is 4.90 Å². The molecule has 1 unspecified atom stereocenters. The first-order chi connectivity index (χ1) is 35.2. The fourth-order valence-electron chi connectivity index (χ4n) is 14.0. The van der Waals surface area contributed by atoms with Gasteiger partial charge in [0.25, 0.3) is 0 Å². The number of aromatic nitrogens is 2. The average Bonchev–Trinajstić information content (AvgIpc) is 4.03. The highest BCUT2D eigenvalue weighted by Crippen LogP contribution is 2.69. The molecule has 4 aliphatic carbocycles. The average molecular weight is 920 g/mol. The van der Waals surface area contributed by atoms with E-state index in [1.54, 1.807) is 0 Å². The smallest absolute Gasteiger partial charge is 0.0939 e. The Morgan fingerprint density at radius 3 is 1.37 bits per heavy atom. The number of hydrogen-bond donors (Lipinski definition) is 0. The van der Waals surface area contributed by atoms with Crippen molar-refractivity contribution in [3.05, 3.63) is 316 Å². The molecule has 5 aliphatic rings. The summed E-state index contributed by atoms with van der Waals surface area (Å²) in [6, 6.07) is 89.1. The van der Waals surface area contributed by atoms with E-state index in [2.05, 4.69) is 248 Å². The topological polar surface area (TPSA) is 29.0 Å². The molecule has 0 saturated heterocycles. The molecule has 3 nitrogen and oxygen atoms in total. The van der Waals surface area contributed by atoms with E-state index >= 15 is 0 Å². The van der Waals surface area contributed by atoms with Gasteiger partial charge in [-0.3, -0.25) is 9.97 Å². The van der Waals surface area contributed by atoms with Gasteiger partial charge in [-0.2, -0.15) is 0 Å². The fraction of sp³-hybridized carbons (Fsp3) is 0.0448. The van der Waals surface area contributed by atoms with Crippen molar-refractivity contribution in [3.8, 4) is 33.6 Å². The second kappa shape index (κ2) is 14.3. The van der Waals surface area contributed by atoms with Crippen molar-refractivity contribution in [1.82, 2.24) is 9.97 Å². The first kappa shape index (κ1) is 39.3. The molecule has 0 saturated carbocycles. The van der Waals surface area contributed by atoms with Gasteiger partial charge in [-0.1, -0.05) is 206 Å². The maximum absolute atomic E-state index is 5.58. The number of para-hydroxylation sites is 2. The summed E-state index contributed by atoms with van der Waals surface area (Å²) in [7, 11) is 0. The predicted molar refractivity (Wildman–Crippen MR) is 286 cm³/mol. The molecule has 9 aromatic carbocycles. The molecular formula is C67H41N3S. The molecule has 16 rings (SSSR count). The molecule has 3 heterocycles. The van der Waals surface area contributed by atoms with Crippen LogP contribution in [0.1, 0.15) is 66.8 Å². The Morgan fingerprint density at radius 2 is 0.761 bits per heavy atom. The summed E-state index contributed by atoms with van der Waals surface area (Å²) in [6.07, 6.45) is 4.02. The van der Waals surface area contributed by atoms with Crippen LogP contribution < -0.4 is 4.90 Å². The first-order valence-electron chi connectivity index (χ1n) is 24.6. The number of hydrogen-bond acceptors (Lipinski definition) is 4. The van der Waals surface area contributed by atoms with E-state index in [1.807, 2.05) is 18.0 Å². The number of benzene rings is 9. The molecular weight excluding hydrogens is 879 g/mol. The van der Waals surface area contributed by atoms with Crippen molar-refractivity contribution in [3.63, 3.8) is 0 Å². The number of nitrogens with zero attached hydrogens (tertiary/aromatic N) is 3. The molecule has 0 radical (unpaired) electrons. The minimum atomic E-state index is -0.824. The van der Waals surface area contributed by atoms with Crippen molar-refractivity contribution in [1.29, 1.82) is 0 Å². The van der Waals surface area contributed by atoms with Crippen LogP contribution in [0.2, 0.25) is 0 Å². The largest absolute Gasteiger partial charge is 0.307 e. The van der Waals surface area contributed by atoms with Gasteiger partial charge in [-0.05, 0) is 126 Å². The lowest BCUT2D eigenvalue weighted by molar-refractivity contribution is 0.620. The molecule has 4 heteroatoms. The van der Waals surface area contributed by atoms with Crippen LogP contribution in [0.5, 0.6) is 0 Å². The summed E-state index contributed by atoms with van der Waals surface area (Å²) < 4.78 is 0. The van der Waals surface area contributed by atoms with Crippen LogP contribution >= 0.6 is 11.8 Å². The van der Waals surface area contributed by atoms with Crippen LogP contribution in [-0.4, -0.2) is 9.97 Å². The molecule has 11 aromatic rings. The van der Waals surface area contributed by atoms with Gasteiger partial charge in [-0.15, -0.1) is 0 Å². The molecule has 0 amide bonds. The summed E-state index contributed by atoms with van der Waals surface area (Å²) >= 11 is 1.83. The molecule has 2 aromatic heterocycles. The van der Waals surface area contributed by atoms with Crippen LogP contribution in [-0.2, 0) is 16.2 Å². The molecule has 0 fully saturated rings. The van der Waals surface area contributed by atoms with Crippen molar-refractivity contribution in [2.75, 3.05) is 4.90 Å². The quantitative estimate of drug-likeness (QED) is 0.177. The Hall–Kier alpha value is -8.57. The van der Waals surface area contributed by atoms with E-state index in [0.29, 0.717) is 0 Å². The van der Waals surface area contributed by atoms with Crippen LogP contribution in [0.15, 0.2) is 259 Å². The van der Waals surface area contributed by atoms with Gasteiger partial charge in [0, 0.05) is 21.6 Å². The minimum absolute atomic E-state index is 0.549. The minimum Gasteiger partial charge on any atom is -0.307 e. The van der Waals surface area contributed by atoms with Crippen molar-refractivity contribution in [2.45, 2.75) is 26.0 Å². The number of fused-ring (bicyclic) bond motifs is 21. The number of rotatable bonds is 3. The normalized spacial score (nSPS) is 16.9. The molecule has 71 heavy (non-hydrogen) atoms. The van der Waals surface area contributed by atoms with E-state index in [1.165, 1.54) is 87.7 Å². The Kier molecular flexibility index (Phi) is 7.89. The summed E-state index contributed by atoms with van der Waals surface area (Å²) in [4.78, 5) is 15.7. The summed E-state index contributed by atoms with van der Waals surface area (Å²) in [5.41, 5.74) is 23.2. The molecule has 0 N–H and O–H groups in total. The second-order valence-corrected chi connectivity index (χ2v) is 20.6. The lowest BCUT2D eigenvalue weighted by atomic mass is 9.51. The molecule has 1 aliphatic heterocycles. The molecule has 0 bridgehead atoms. The van der Waals surface area contributed by atoms with Crippen molar-refractivity contribution >= 4 is 28.8 Å². The Morgan fingerprint density at radius 1 is 0.310 bits per heavy atom. The van der Waals surface area contributed by atoms with Crippen LogP contribution in [0.25, 0.3) is 33.6 Å². The van der Waals surface area contributed by atoms with Gasteiger partial charge >= 0.3 is 0 Å². The maximum Gasteiger partial charge on any atom is 0.0939 e. The van der Waals surface area contributed by atoms with Crippen molar-refractivity contribution in [2.24, 2.45) is 0 Å². The number of anilines is 3. The van der Waals surface area contributed by atoms with Gasteiger partial charge in [0.2, 0.25) is 0 Å². The van der Waals surface area contributed by atoms with E-state index in [0.717, 1.165) is 39.6 Å². The molecule has 330 valence electrons. The van der Waals surface area contributed by atoms with Crippen LogP contribution in [0, 0.1) is 0 Å². The molecule has 1 atom stereocenters. The highest BCUT2D eigenvalue weighted by Gasteiger charge is 2.60. The highest BCUT2D eigenvalue weighted by molar-refractivity contribution is 7.99. The van der Waals surface area contributed by atoms with E-state index < -0.39 is 16.2 Å². The summed E-state index contributed by atoms with van der Waals surface area (Å²) in [5.74, 6) is 0. The zero-order chi connectivity index (χ0) is 46.5.